The molecule has 0 radical (unpaired) electrons. The molecule has 0 heterocycles. The van der Waals surface area contributed by atoms with Crippen molar-refractivity contribution < 1.29 is 9.84 Å². The van der Waals surface area contributed by atoms with Crippen LogP contribution >= 0.6 is 23.2 Å². The van der Waals surface area contributed by atoms with E-state index in [1.165, 1.54) is 0 Å². The summed E-state index contributed by atoms with van der Waals surface area (Å²) in [7, 11) is 0. The van der Waals surface area contributed by atoms with Crippen LogP contribution in [0.4, 0.5) is 0 Å². The summed E-state index contributed by atoms with van der Waals surface area (Å²) in [6, 6.07) is 12.6. The van der Waals surface area contributed by atoms with Crippen LogP contribution in [0.25, 0.3) is 0 Å². The van der Waals surface area contributed by atoms with Gasteiger partial charge >= 0.3 is 0 Å². The predicted octanol–water partition coefficient (Wildman–Crippen LogP) is 4.62. The first kappa shape index (κ1) is 13.7. The highest BCUT2D eigenvalue weighted by atomic mass is 35.5. The third-order valence-electron chi connectivity index (χ3n) is 3.20. The molecule has 1 saturated carbocycles. The van der Waals surface area contributed by atoms with Crippen LogP contribution in [0, 0.1) is 0 Å². The van der Waals surface area contributed by atoms with Gasteiger partial charge in [-0.15, -0.1) is 0 Å². The predicted molar refractivity (Wildman–Crippen MR) is 80.6 cm³/mol. The van der Waals surface area contributed by atoms with E-state index in [-0.39, 0.29) is 0 Å². The standard InChI is InChI=1S/C16H14Cl2O2/c17-12-6-11(7-13(18)9-12)16(19)10-2-1-3-15(8-10)20-14-4-5-14/h1-3,6-9,14,16,19H,4-5H2. The summed E-state index contributed by atoms with van der Waals surface area (Å²) < 4.78 is 5.74. The maximum atomic E-state index is 10.4. The quantitative estimate of drug-likeness (QED) is 0.893. The summed E-state index contributed by atoms with van der Waals surface area (Å²) >= 11 is 11.9. The molecule has 1 aliphatic rings. The van der Waals surface area contributed by atoms with Gasteiger partial charge in [-0.1, -0.05) is 35.3 Å². The summed E-state index contributed by atoms with van der Waals surface area (Å²) in [6.45, 7) is 0. The normalized spacial score (nSPS) is 15.9. The number of halogens is 2. The Kier molecular flexibility index (Phi) is 3.88. The molecule has 20 heavy (non-hydrogen) atoms. The van der Waals surface area contributed by atoms with Crippen LogP contribution in [0.3, 0.4) is 0 Å². The minimum atomic E-state index is -0.769. The van der Waals surface area contributed by atoms with E-state index in [0.717, 1.165) is 24.2 Å². The van der Waals surface area contributed by atoms with Crippen molar-refractivity contribution in [2.75, 3.05) is 0 Å². The lowest BCUT2D eigenvalue weighted by Gasteiger charge is -2.14. The fourth-order valence-electron chi connectivity index (χ4n) is 2.06. The van der Waals surface area contributed by atoms with E-state index in [1.807, 2.05) is 24.3 Å². The van der Waals surface area contributed by atoms with Gasteiger partial charge in [-0.05, 0) is 54.3 Å². The molecule has 2 aromatic carbocycles. The lowest BCUT2D eigenvalue weighted by atomic mass is 10.0. The van der Waals surface area contributed by atoms with Crippen LogP contribution in [0.2, 0.25) is 10.0 Å². The summed E-state index contributed by atoms with van der Waals surface area (Å²) in [5.74, 6) is 0.789. The first-order valence-corrected chi connectivity index (χ1v) is 7.28. The molecule has 0 aromatic heterocycles. The Hall–Kier alpha value is -1.22. The minimum Gasteiger partial charge on any atom is -0.490 e. The Morgan fingerprint density at radius 1 is 1.00 bits per heavy atom. The molecule has 1 N–H and O–H groups in total. The molecular formula is C16H14Cl2O2. The van der Waals surface area contributed by atoms with Gasteiger partial charge in [0.15, 0.2) is 0 Å². The number of ether oxygens (including phenoxy) is 1. The zero-order valence-electron chi connectivity index (χ0n) is 10.7. The molecule has 0 spiro atoms. The molecular weight excluding hydrogens is 295 g/mol. The van der Waals surface area contributed by atoms with Crippen molar-refractivity contribution >= 4 is 23.2 Å². The Balaban J connectivity index is 1.86. The smallest absolute Gasteiger partial charge is 0.120 e. The van der Waals surface area contributed by atoms with Crippen LogP contribution in [0.1, 0.15) is 30.1 Å². The second-order valence-electron chi connectivity index (χ2n) is 5.00. The van der Waals surface area contributed by atoms with E-state index in [2.05, 4.69) is 0 Å². The highest BCUT2D eigenvalue weighted by Crippen LogP contribution is 2.31. The maximum absolute atomic E-state index is 10.4. The fourth-order valence-corrected chi connectivity index (χ4v) is 2.60. The van der Waals surface area contributed by atoms with Gasteiger partial charge in [0.1, 0.15) is 11.9 Å². The Morgan fingerprint density at radius 2 is 1.70 bits per heavy atom. The van der Waals surface area contributed by atoms with E-state index < -0.39 is 6.10 Å². The van der Waals surface area contributed by atoms with E-state index in [1.54, 1.807) is 18.2 Å². The monoisotopic (exact) mass is 308 g/mol. The van der Waals surface area contributed by atoms with E-state index >= 15 is 0 Å². The topological polar surface area (TPSA) is 29.5 Å². The van der Waals surface area contributed by atoms with E-state index in [0.29, 0.717) is 21.7 Å². The molecule has 1 aliphatic carbocycles. The summed E-state index contributed by atoms with van der Waals surface area (Å²) in [6.07, 6.45) is 1.78. The van der Waals surface area contributed by atoms with Crippen LogP contribution in [-0.2, 0) is 0 Å². The Labute approximate surface area is 127 Å². The maximum Gasteiger partial charge on any atom is 0.120 e. The van der Waals surface area contributed by atoms with Gasteiger partial charge in [0.2, 0.25) is 0 Å². The average Bonchev–Trinajstić information content (AvgIpc) is 3.21. The molecule has 1 atom stereocenters. The van der Waals surface area contributed by atoms with Crippen LogP contribution in [0.15, 0.2) is 42.5 Å². The number of rotatable bonds is 4. The largest absolute Gasteiger partial charge is 0.490 e. The van der Waals surface area contributed by atoms with Crippen molar-refractivity contribution in [2.45, 2.75) is 25.0 Å². The van der Waals surface area contributed by atoms with Crippen molar-refractivity contribution in [3.63, 3.8) is 0 Å². The van der Waals surface area contributed by atoms with E-state index in [9.17, 15) is 5.11 Å². The zero-order chi connectivity index (χ0) is 14.1. The average molecular weight is 309 g/mol. The van der Waals surface area contributed by atoms with Gasteiger partial charge in [0.05, 0.1) is 6.10 Å². The summed E-state index contributed by atoms with van der Waals surface area (Å²) in [5.41, 5.74) is 1.44. The number of hydrogen-bond donors (Lipinski definition) is 1. The molecule has 4 heteroatoms. The van der Waals surface area contributed by atoms with Gasteiger partial charge < -0.3 is 9.84 Å². The van der Waals surface area contributed by atoms with Crippen LogP contribution in [0.5, 0.6) is 5.75 Å². The Bertz CT molecular complexity index is 603. The molecule has 1 unspecified atom stereocenters. The Morgan fingerprint density at radius 3 is 2.35 bits per heavy atom. The summed E-state index contributed by atoms with van der Waals surface area (Å²) in [4.78, 5) is 0. The second-order valence-corrected chi connectivity index (χ2v) is 5.87. The van der Waals surface area contributed by atoms with Gasteiger partial charge in [-0.2, -0.15) is 0 Å². The molecule has 0 amide bonds. The minimum absolute atomic E-state index is 0.336. The third kappa shape index (κ3) is 3.26. The lowest BCUT2D eigenvalue weighted by molar-refractivity contribution is 0.219. The lowest BCUT2D eigenvalue weighted by Crippen LogP contribution is -2.01. The first-order chi connectivity index (χ1) is 9.61. The van der Waals surface area contributed by atoms with Crippen molar-refractivity contribution in [1.82, 2.24) is 0 Å². The second kappa shape index (κ2) is 5.65. The zero-order valence-corrected chi connectivity index (χ0v) is 12.2. The van der Waals surface area contributed by atoms with Gasteiger partial charge in [-0.3, -0.25) is 0 Å². The third-order valence-corrected chi connectivity index (χ3v) is 3.64. The molecule has 0 bridgehead atoms. The first-order valence-electron chi connectivity index (χ1n) is 6.52. The highest BCUT2D eigenvalue weighted by molar-refractivity contribution is 6.34. The molecule has 2 nitrogen and oxygen atoms in total. The van der Waals surface area contributed by atoms with Crippen LogP contribution in [-0.4, -0.2) is 11.2 Å². The molecule has 1 fully saturated rings. The number of hydrogen-bond acceptors (Lipinski definition) is 2. The van der Waals surface area contributed by atoms with Crippen molar-refractivity contribution in [3.05, 3.63) is 63.6 Å². The summed E-state index contributed by atoms with van der Waals surface area (Å²) in [5, 5.41) is 11.5. The molecule has 0 aliphatic heterocycles. The van der Waals surface area contributed by atoms with Crippen molar-refractivity contribution in [3.8, 4) is 5.75 Å². The van der Waals surface area contributed by atoms with Crippen molar-refractivity contribution in [2.24, 2.45) is 0 Å². The van der Waals surface area contributed by atoms with Gasteiger partial charge in [-0.25, -0.2) is 0 Å². The number of benzene rings is 2. The van der Waals surface area contributed by atoms with Crippen molar-refractivity contribution in [1.29, 1.82) is 0 Å². The number of aliphatic hydroxyl groups excluding tert-OH is 1. The van der Waals surface area contributed by atoms with E-state index in [4.69, 9.17) is 27.9 Å². The SMILES string of the molecule is OC(c1cc(Cl)cc(Cl)c1)c1cccc(OC2CC2)c1. The fraction of sp³-hybridized carbons (Fsp3) is 0.250. The molecule has 0 saturated heterocycles. The van der Waals surface area contributed by atoms with Crippen LogP contribution < -0.4 is 4.74 Å². The highest BCUT2D eigenvalue weighted by Gasteiger charge is 2.23. The van der Waals surface area contributed by atoms with Gasteiger partial charge in [0, 0.05) is 10.0 Å². The number of aliphatic hydroxyl groups is 1. The van der Waals surface area contributed by atoms with Gasteiger partial charge in [0.25, 0.3) is 0 Å². The molecule has 104 valence electrons. The molecule has 2 aromatic rings. The molecule has 3 rings (SSSR count).